The van der Waals surface area contributed by atoms with Gasteiger partial charge < -0.3 is 15.5 Å². The number of nitrogens with one attached hydrogen (secondary N) is 1. The van der Waals surface area contributed by atoms with Crippen LogP contribution >= 0.6 is 0 Å². The van der Waals surface area contributed by atoms with Crippen molar-refractivity contribution in [1.82, 2.24) is 5.32 Å². The maximum Gasteiger partial charge on any atom is 0.267 e. The highest BCUT2D eigenvalue weighted by atomic mass is 32.2. The van der Waals surface area contributed by atoms with Crippen molar-refractivity contribution in [3.8, 4) is 0 Å². The Balaban J connectivity index is 4.04. The zero-order valence-electron chi connectivity index (χ0n) is 29.8. The summed E-state index contributed by atoms with van der Waals surface area (Å²) in [5.41, 5.74) is 0. The van der Waals surface area contributed by atoms with Gasteiger partial charge >= 0.3 is 0 Å². The average molecular weight is 672 g/mol. The lowest BCUT2D eigenvalue weighted by Gasteiger charge is -2.22. The van der Waals surface area contributed by atoms with Crippen LogP contribution in [0.3, 0.4) is 0 Å². The van der Waals surface area contributed by atoms with Crippen LogP contribution in [0.1, 0.15) is 187 Å². The van der Waals surface area contributed by atoms with Gasteiger partial charge in [0.25, 0.3) is 10.1 Å². The van der Waals surface area contributed by atoms with E-state index in [0.717, 1.165) is 32.1 Å². The first-order valence-electron chi connectivity index (χ1n) is 19.1. The van der Waals surface area contributed by atoms with Crippen molar-refractivity contribution in [2.45, 2.75) is 205 Å². The third-order valence-corrected chi connectivity index (χ3v) is 9.52. The summed E-state index contributed by atoms with van der Waals surface area (Å²) >= 11 is 0. The van der Waals surface area contributed by atoms with E-state index in [2.05, 4.69) is 31.3 Å². The summed E-state index contributed by atoms with van der Waals surface area (Å²) in [6, 6.07) is -1.24. The summed E-state index contributed by atoms with van der Waals surface area (Å²) < 4.78 is 32.3. The summed E-state index contributed by atoms with van der Waals surface area (Å²) in [5, 5.41) is 23.2. The van der Waals surface area contributed by atoms with Gasteiger partial charge in [-0.2, -0.15) is 8.42 Å². The van der Waals surface area contributed by atoms with Crippen LogP contribution in [0.5, 0.6) is 0 Å². The van der Waals surface area contributed by atoms with Crippen molar-refractivity contribution in [3.63, 3.8) is 0 Å². The smallest absolute Gasteiger partial charge is 0.267 e. The van der Waals surface area contributed by atoms with E-state index in [1.807, 2.05) is 0 Å². The molecule has 1 amide bonds. The van der Waals surface area contributed by atoms with E-state index in [1.54, 1.807) is 6.08 Å². The number of allylic oxidation sites excluding steroid dienone is 3. The van der Waals surface area contributed by atoms with Gasteiger partial charge in [-0.3, -0.25) is 9.35 Å². The molecule has 0 aromatic rings. The first kappa shape index (κ1) is 44.8. The number of aliphatic hydroxyl groups is 2. The highest BCUT2D eigenvalue weighted by Crippen LogP contribution is 2.14. The normalized spacial score (nSPS) is 14.3. The maximum atomic E-state index is 12.5. The molecule has 0 aliphatic heterocycles. The largest absolute Gasteiger partial charge is 0.387 e. The Morgan fingerprint density at radius 1 is 0.587 bits per heavy atom. The summed E-state index contributed by atoms with van der Waals surface area (Å²) in [4.78, 5) is 12.5. The lowest BCUT2D eigenvalue weighted by atomic mass is 10.0. The Morgan fingerprint density at radius 3 is 1.43 bits per heavy atom. The molecule has 0 fully saturated rings. The van der Waals surface area contributed by atoms with Crippen molar-refractivity contribution >= 4 is 16.0 Å². The van der Waals surface area contributed by atoms with E-state index < -0.39 is 40.0 Å². The molecular formula is C38H73NO6S. The molecule has 0 radical (unpaired) electrons. The van der Waals surface area contributed by atoms with Crippen molar-refractivity contribution in [2.75, 3.05) is 5.75 Å². The Labute approximate surface area is 284 Å². The van der Waals surface area contributed by atoms with E-state index in [1.165, 1.54) is 128 Å². The molecule has 7 nitrogen and oxygen atoms in total. The fourth-order valence-electron chi connectivity index (χ4n) is 5.77. The van der Waals surface area contributed by atoms with Crippen LogP contribution in [0.2, 0.25) is 0 Å². The van der Waals surface area contributed by atoms with Crippen molar-refractivity contribution in [2.24, 2.45) is 0 Å². The number of hydrogen-bond acceptors (Lipinski definition) is 5. The fraction of sp³-hybridized carbons (Fsp3) is 0.868. The van der Waals surface area contributed by atoms with Gasteiger partial charge in [0.05, 0.1) is 17.9 Å². The van der Waals surface area contributed by atoms with E-state index >= 15 is 0 Å². The van der Waals surface area contributed by atoms with Crippen LogP contribution in [0.15, 0.2) is 24.3 Å². The second kappa shape index (κ2) is 32.3. The van der Waals surface area contributed by atoms with Crippen LogP contribution in [0, 0.1) is 0 Å². The van der Waals surface area contributed by atoms with Gasteiger partial charge in [-0.1, -0.05) is 179 Å². The number of carbonyl (C=O) groups is 1. The van der Waals surface area contributed by atoms with E-state index in [4.69, 9.17) is 0 Å². The van der Waals surface area contributed by atoms with Crippen molar-refractivity contribution in [3.05, 3.63) is 24.3 Å². The number of carbonyl (C=O) groups excluding carboxylic acids is 1. The third-order valence-electron chi connectivity index (χ3n) is 8.74. The van der Waals surface area contributed by atoms with Gasteiger partial charge in [0.2, 0.25) is 5.91 Å². The van der Waals surface area contributed by atoms with E-state index in [9.17, 15) is 28.0 Å². The van der Waals surface area contributed by atoms with Crippen LogP contribution in [0.4, 0.5) is 0 Å². The van der Waals surface area contributed by atoms with Crippen LogP contribution in [-0.2, 0) is 14.9 Å². The summed E-state index contributed by atoms with van der Waals surface area (Å²) in [7, 11) is -4.44. The molecule has 0 aliphatic rings. The van der Waals surface area contributed by atoms with Crippen LogP contribution < -0.4 is 5.32 Å². The molecule has 0 aromatic carbocycles. The van der Waals surface area contributed by atoms with Gasteiger partial charge in [0, 0.05) is 0 Å². The predicted octanol–water partition coefficient (Wildman–Crippen LogP) is 9.77. The van der Waals surface area contributed by atoms with Gasteiger partial charge in [-0.25, -0.2) is 0 Å². The summed E-state index contributed by atoms with van der Waals surface area (Å²) in [5.74, 6) is -1.56. The minimum absolute atomic E-state index is 0.275. The lowest BCUT2D eigenvalue weighted by molar-refractivity contribution is -0.130. The summed E-state index contributed by atoms with van der Waals surface area (Å²) in [6.07, 6.45) is 36.9. The van der Waals surface area contributed by atoms with E-state index in [-0.39, 0.29) is 6.42 Å². The molecule has 0 aliphatic carbocycles. The first-order chi connectivity index (χ1) is 22.2. The zero-order chi connectivity index (χ0) is 34.1. The third kappa shape index (κ3) is 31.4. The molecule has 46 heavy (non-hydrogen) atoms. The standard InChI is InChI=1S/C38H73NO6S/c1-3-5-7-9-11-13-14-15-16-17-18-19-20-21-22-23-24-25-27-28-30-32-36(40)35(34-46(43,44)45)39-38(42)37(41)33-31-29-26-12-10-8-6-4-2/h24-25,30,32,35-37,40-41H,3-23,26-29,31,33-34H2,1-2H3,(H,39,42)(H,43,44,45)/b25-24+,32-30+. The first-order valence-corrected chi connectivity index (χ1v) is 20.8. The van der Waals surface area contributed by atoms with Gasteiger partial charge in [0.15, 0.2) is 0 Å². The average Bonchev–Trinajstić information content (AvgIpc) is 3.01. The molecule has 272 valence electrons. The van der Waals surface area contributed by atoms with Crippen molar-refractivity contribution in [1.29, 1.82) is 0 Å². The molecular weight excluding hydrogens is 598 g/mol. The SMILES string of the molecule is CCCCCCCCCCCCCCCCC/C=C/CC/C=C/C(O)C(CS(=O)(=O)O)NC(=O)C(O)CCCCCCCCCC. The molecule has 0 rings (SSSR count). The van der Waals surface area contributed by atoms with Crippen molar-refractivity contribution < 1.29 is 28.0 Å². The number of hydrogen-bond donors (Lipinski definition) is 4. The molecule has 0 aromatic heterocycles. The van der Waals surface area contributed by atoms with Gasteiger partial charge in [-0.15, -0.1) is 0 Å². The highest BCUT2D eigenvalue weighted by molar-refractivity contribution is 7.85. The Bertz CT molecular complexity index is 844. The molecule has 8 heteroatoms. The number of amides is 1. The highest BCUT2D eigenvalue weighted by Gasteiger charge is 2.27. The molecule has 3 atom stereocenters. The Hall–Kier alpha value is -1.22. The van der Waals surface area contributed by atoms with Gasteiger partial charge in [-0.05, 0) is 32.1 Å². The molecule has 0 spiro atoms. The minimum Gasteiger partial charge on any atom is -0.387 e. The quantitative estimate of drug-likeness (QED) is 0.0307. The Morgan fingerprint density at radius 2 is 0.978 bits per heavy atom. The second-order valence-electron chi connectivity index (χ2n) is 13.3. The Kier molecular flexibility index (Phi) is 31.5. The molecule has 0 saturated carbocycles. The topological polar surface area (TPSA) is 124 Å². The fourth-order valence-corrected chi connectivity index (χ4v) is 6.50. The van der Waals surface area contributed by atoms with Gasteiger partial charge in [0.1, 0.15) is 6.10 Å². The maximum absolute atomic E-state index is 12.5. The number of aliphatic hydroxyl groups excluding tert-OH is 2. The lowest BCUT2D eigenvalue weighted by Crippen LogP contribution is -2.50. The minimum atomic E-state index is -4.44. The number of unbranched alkanes of at least 4 members (excludes halogenated alkanes) is 23. The summed E-state index contributed by atoms with van der Waals surface area (Å²) in [6.45, 7) is 4.45. The molecule has 3 unspecified atom stereocenters. The molecule has 4 N–H and O–H groups in total. The molecule has 0 bridgehead atoms. The predicted molar refractivity (Wildman–Crippen MR) is 195 cm³/mol. The van der Waals surface area contributed by atoms with Crippen LogP contribution in [-0.4, -0.2) is 53.1 Å². The monoisotopic (exact) mass is 672 g/mol. The number of rotatable bonds is 34. The van der Waals surface area contributed by atoms with Crippen LogP contribution in [0.25, 0.3) is 0 Å². The molecule has 0 heterocycles. The second-order valence-corrected chi connectivity index (χ2v) is 14.8. The molecule has 0 saturated heterocycles. The zero-order valence-corrected chi connectivity index (χ0v) is 30.6. The van der Waals surface area contributed by atoms with E-state index in [0.29, 0.717) is 12.8 Å².